The average molecular weight is 491 g/mol. The second-order valence-corrected chi connectivity index (χ2v) is 9.50. The van der Waals surface area contributed by atoms with Gasteiger partial charge in [-0.15, -0.1) is 12.4 Å². The number of imidazole rings is 1. The van der Waals surface area contributed by atoms with Crippen LogP contribution in [0.3, 0.4) is 0 Å². The van der Waals surface area contributed by atoms with E-state index >= 15 is 0 Å². The van der Waals surface area contributed by atoms with E-state index in [-0.39, 0.29) is 24.4 Å². The molecular formula is C22H27ClN6O3S. The Hall–Kier alpha value is -3.08. The number of nitrogens with zero attached hydrogens (tertiary/aromatic N) is 3. The number of anilines is 2. The molecule has 1 amide bonds. The molecule has 1 aliphatic rings. The van der Waals surface area contributed by atoms with Crippen LogP contribution in [0, 0.1) is 0 Å². The van der Waals surface area contributed by atoms with Gasteiger partial charge in [0.25, 0.3) is 5.91 Å². The maximum absolute atomic E-state index is 12.5. The highest BCUT2D eigenvalue weighted by atomic mass is 35.5. The van der Waals surface area contributed by atoms with Crippen LogP contribution in [-0.4, -0.2) is 62.4 Å². The summed E-state index contributed by atoms with van der Waals surface area (Å²) in [5.41, 5.74) is 3.08. The van der Waals surface area contributed by atoms with E-state index in [1.54, 1.807) is 36.8 Å². The average Bonchev–Trinajstić information content (AvgIpc) is 3.32. The predicted octanol–water partition coefficient (Wildman–Crippen LogP) is 1.87. The molecule has 0 radical (unpaired) electrons. The molecule has 2 heterocycles. The maximum Gasteiger partial charge on any atom is 0.251 e. The molecule has 0 bridgehead atoms. The lowest BCUT2D eigenvalue weighted by Gasteiger charge is -2.35. The lowest BCUT2D eigenvalue weighted by Crippen LogP contribution is -2.55. The molecule has 4 rings (SSSR count). The second kappa shape index (κ2) is 10.7. The zero-order valence-electron chi connectivity index (χ0n) is 18.1. The minimum atomic E-state index is -3.35. The van der Waals surface area contributed by atoms with Gasteiger partial charge in [-0.25, -0.2) is 13.4 Å². The minimum Gasteiger partial charge on any atom is -0.369 e. The molecule has 1 aromatic heterocycles. The number of halogens is 1. The van der Waals surface area contributed by atoms with E-state index in [0.717, 1.165) is 37.3 Å². The summed E-state index contributed by atoms with van der Waals surface area (Å²) in [4.78, 5) is 18.9. The Labute approximate surface area is 199 Å². The van der Waals surface area contributed by atoms with Crippen LogP contribution in [0.1, 0.15) is 10.4 Å². The number of nitrogens with one attached hydrogen (secondary N) is 3. The molecule has 1 aliphatic heterocycles. The highest BCUT2D eigenvalue weighted by molar-refractivity contribution is 7.92. The van der Waals surface area contributed by atoms with E-state index in [1.165, 1.54) is 0 Å². The van der Waals surface area contributed by atoms with E-state index in [1.807, 2.05) is 22.9 Å². The fourth-order valence-corrected chi connectivity index (χ4v) is 4.24. The Balaban J connectivity index is 0.00000306. The lowest BCUT2D eigenvalue weighted by atomic mass is 10.1. The lowest BCUT2D eigenvalue weighted by molar-refractivity contribution is 0.0949. The zero-order valence-corrected chi connectivity index (χ0v) is 19.8. The molecule has 2 aromatic carbocycles. The van der Waals surface area contributed by atoms with Crippen LogP contribution < -0.4 is 20.3 Å². The first-order valence-electron chi connectivity index (χ1n) is 10.3. The maximum atomic E-state index is 12.5. The Morgan fingerprint density at radius 3 is 2.64 bits per heavy atom. The number of piperazine rings is 1. The van der Waals surface area contributed by atoms with Crippen molar-refractivity contribution in [2.24, 2.45) is 0 Å². The molecule has 0 aliphatic carbocycles. The Morgan fingerprint density at radius 2 is 1.94 bits per heavy atom. The van der Waals surface area contributed by atoms with E-state index < -0.39 is 10.0 Å². The van der Waals surface area contributed by atoms with Gasteiger partial charge in [0.1, 0.15) is 0 Å². The number of sulfonamides is 1. The molecule has 176 valence electrons. The molecule has 0 saturated carbocycles. The molecule has 0 spiro atoms. The molecule has 3 N–H and O–H groups in total. The second-order valence-electron chi connectivity index (χ2n) is 7.75. The number of hydrogen-bond acceptors (Lipinski definition) is 6. The summed E-state index contributed by atoms with van der Waals surface area (Å²) < 4.78 is 27.0. The van der Waals surface area contributed by atoms with Gasteiger partial charge in [-0.2, -0.15) is 0 Å². The summed E-state index contributed by atoms with van der Waals surface area (Å²) in [6, 6.07) is 14.8. The van der Waals surface area contributed by atoms with Gasteiger partial charge in [-0.1, -0.05) is 6.07 Å². The van der Waals surface area contributed by atoms with Crippen LogP contribution >= 0.6 is 12.4 Å². The first-order valence-corrected chi connectivity index (χ1v) is 12.2. The summed E-state index contributed by atoms with van der Waals surface area (Å²) in [6.45, 7) is 2.96. The fourth-order valence-electron chi connectivity index (χ4n) is 3.68. The van der Waals surface area contributed by atoms with Crippen molar-refractivity contribution in [1.29, 1.82) is 0 Å². The van der Waals surface area contributed by atoms with Crippen molar-refractivity contribution >= 4 is 39.7 Å². The highest BCUT2D eigenvalue weighted by Crippen LogP contribution is 2.20. The predicted molar refractivity (Wildman–Crippen MR) is 132 cm³/mol. The minimum absolute atomic E-state index is 0. The molecular weight excluding hydrogens is 464 g/mol. The molecule has 33 heavy (non-hydrogen) atoms. The number of aromatic nitrogens is 2. The quantitative estimate of drug-likeness (QED) is 0.466. The van der Waals surface area contributed by atoms with Gasteiger partial charge >= 0.3 is 0 Å². The van der Waals surface area contributed by atoms with Crippen molar-refractivity contribution in [3.8, 4) is 5.69 Å². The first kappa shape index (κ1) is 24.6. The molecule has 1 unspecified atom stereocenters. The van der Waals surface area contributed by atoms with Gasteiger partial charge in [-0.3, -0.25) is 9.52 Å². The van der Waals surface area contributed by atoms with Gasteiger partial charge in [-0.05, 0) is 42.5 Å². The van der Waals surface area contributed by atoms with Gasteiger partial charge in [0.2, 0.25) is 10.0 Å². The fraction of sp³-hybridized carbons (Fsp3) is 0.273. The SMILES string of the molecule is CS(=O)(=O)Nc1ccc(C(=O)NCC2CN(c3cccc(-n4ccnc4)c3)CCN2)cc1.Cl. The van der Waals surface area contributed by atoms with Gasteiger partial charge in [0.15, 0.2) is 0 Å². The van der Waals surface area contributed by atoms with Crippen LogP contribution in [-0.2, 0) is 10.0 Å². The van der Waals surface area contributed by atoms with Crippen LogP contribution in [0.25, 0.3) is 5.69 Å². The van der Waals surface area contributed by atoms with Crippen molar-refractivity contribution in [1.82, 2.24) is 20.2 Å². The Bertz CT molecular complexity index is 1170. The third-order valence-electron chi connectivity index (χ3n) is 5.21. The third kappa shape index (κ3) is 6.70. The van der Waals surface area contributed by atoms with E-state index in [4.69, 9.17) is 0 Å². The highest BCUT2D eigenvalue weighted by Gasteiger charge is 2.20. The largest absolute Gasteiger partial charge is 0.369 e. The summed E-state index contributed by atoms with van der Waals surface area (Å²) in [6.07, 6.45) is 6.53. The standard InChI is InChI=1S/C22H26N6O3S.ClH/c1-32(30,31)26-18-7-5-17(6-8-18)22(29)25-14-19-15-27(12-10-24-19)20-3-2-4-21(13-20)28-11-9-23-16-28;/h2-9,11,13,16,19,24,26H,10,12,14-15H2,1H3,(H,25,29);1H. The van der Waals surface area contributed by atoms with Crippen molar-refractivity contribution < 1.29 is 13.2 Å². The van der Waals surface area contributed by atoms with Gasteiger partial charge in [0.05, 0.1) is 12.6 Å². The van der Waals surface area contributed by atoms with Crippen molar-refractivity contribution in [3.63, 3.8) is 0 Å². The van der Waals surface area contributed by atoms with E-state index in [2.05, 4.69) is 37.4 Å². The molecule has 11 heteroatoms. The van der Waals surface area contributed by atoms with E-state index in [0.29, 0.717) is 17.8 Å². The molecule has 3 aromatic rings. The van der Waals surface area contributed by atoms with E-state index in [9.17, 15) is 13.2 Å². The molecule has 1 saturated heterocycles. The van der Waals surface area contributed by atoms with Crippen LogP contribution in [0.4, 0.5) is 11.4 Å². The van der Waals surface area contributed by atoms with Crippen LogP contribution in [0.5, 0.6) is 0 Å². The molecule has 1 atom stereocenters. The Kier molecular flexibility index (Phi) is 7.96. The zero-order chi connectivity index (χ0) is 22.6. The summed E-state index contributed by atoms with van der Waals surface area (Å²) in [5.74, 6) is -0.197. The number of benzene rings is 2. The Morgan fingerprint density at radius 1 is 1.18 bits per heavy atom. The first-order chi connectivity index (χ1) is 15.4. The van der Waals surface area contributed by atoms with Crippen molar-refractivity contribution in [2.45, 2.75) is 6.04 Å². The number of amides is 1. The molecule has 9 nitrogen and oxygen atoms in total. The van der Waals surface area contributed by atoms with Crippen LogP contribution in [0.15, 0.2) is 67.3 Å². The van der Waals surface area contributed by atoms with Crippen molar-refractivity contribution in [3.05, 3.63) is 72.8 Å². The monoisotopic (exact) mass is 490 g/mol. The molecule has 1 fully saturated rings. The van der Waals surface area contributed by atoms with Crippen molar-refractivity contribution in [2.75, 3.05) is 42.1 Å². The topological polar surface area (TPSA) is 108 Å². The normalized spacial score (nSPS) is 16.0. The summed E-state index contributed by atoms with van der Waals surface area (Å²) in [5, 5.41) is 6.42. The van der Waals surface area contributed by atoms with Gasteiger partial charge in [0, 0.05) is 67.2 Å². The number of hydrogen-bond donors (Lipinski definition) is 3. The smallest absolute Gasteiger partial charge is 0.251 e. The summed E-state index contributed by atoms with van der Waals surface area (Å²) >= 11 is 0. The van der Waals surface area contributed by atoms with Gasteiger partial charge < -0.3 is 20.1 Å². The summed E-state index contributed by atoms with van der Waals surface area (Å²) in [7, 11) is -3.35. The number of carbonyl (C=O) groups is 1. The number of carbonyl (C=O) groups excluding carboxylic acids is 1. The number of rotatable bonds is 7. The third-order valence-corrected chi connectivity index (χ3v) is 5.82. The van der Waals surface area contributed by atoms with Crippen LogP contribution in [0.2, 0.25) is 0 Å².